The lowest BCUT2D eigenvalue weighted by molar-refractivity contribution is 0.209. The smallest absolute Gasteiger partial charge is 0.214 e. The van der Waals surface area contributed by atoms with Gasteiger partial charge in [0.05, 0.1) is 10.7 Å². The van der Waals surface area contributed by atoms with Crippen molar-refractivity contribution in [2.45, 2.75) is 27.2 Å². The summed E-state index contributed by atoms with van der Waals surface area (Å²) in [4.78, 5) is 2.56. The van der Waals surface area contributed by atoms with Crippen molar-refractivity contribution >= 4 is 27.2 Å². The summed E-state index contributed by atoms with van der Waals surface area (Å²) in [5.41, 5.74) is 5.54. The zero-order valence-electron chi connectivity index (χ0n) is 12.1. The van der Waals surface area contributed by atoms with Gasteiger partial charge in [0.15, 0.2) is 0 Å². The summed E-state index contributed by atoms with van der Waals surface area (Å²) in [6.07, 6.45) is 0.683. The van der Waals surface area contributed by atoms with Crippen molar-refractivity contribution in [2.75, 3.05) is 38.5 Å². The molecule has 1 rings (SSSR count). The molecule has 1 aliphatic rings. The zero-order valence-corrected chi connectivity index (χ0v) is 13.7. The zero-order chi connectivity index (χ0) is 14.7. The van der Waals surface area contributed by atoms with E-state index in [0.29, 0.717) is 44.1 Å². The molecule has 0 aromatic heterocycles. The lowest BCUT2D eigenvalue weighted by Crippen LogP contribution is -2.51. The Morgan fingerprint density at radius 3 is 2.16 bits per heavy atom. The first-order chi connectivity index (χ1) is 8.60. The van der Waals surface area contributed by atoms with Gasteiger partial charge in [-0.25, -0.2) is 8.42 Å². The largest absolute Gasteiger partial charge is 0.392 e. The number of piperazine rings is 1. The highest BCUT2D eigenvalue weighted by atomic mass is 32.2. The van der Waals surface area contributed by atoms with Crippen molar-refractivity contribution in [3.05, 3.63) is 0 Å². The van der Waals surface area contributed by atoms with E-state index >= 15 is 0 Å². The molecule has 0 aliphatic carbocycles. The van der Waals surface area contributed by atoms with Crippen molar-refractivity contribution in [3.63, 3.8) is 0 Å². The fourth-order valence-corrected chi connectivity index (χ4v) is 3.98. The monoisotopic (exact) mass is 307 g/mol. The minimum absolute atomic E-state index is 0.0423. The van der Waals surface area contributed by atoms with Crippen LogP contribution in [-0.2, 0) is 10.0 Å². The number of hydrogen-bond donors (Lipinski definition) is 1. The third-order valence-corrected chi connectivity index (χ3v) is 5.22. The van der Waals surface area contributed by atoms with E-state index in [2.05, 4.69) is 25.7 Å². The number of hydrogen-bond acceptors (Lipinski definition) is 4. The maximum Gasteiger partial charge on any atom is 0.214 e. The number of thiocarbonyl (C=S) groups is 1. The van der Waals surface area contributed by atoms with Crippen LogP contribution >= 0.6 is 12.2 Å². The Bertz CT molecular complexity index is 407. The molecular formula is C12H25N3O2S2. The van der Waals surface area contributed by atoms with Crippen LogP contribution in [0.1, 0.15) is 27.2 Å². The third kappa shape index (κ3) is 6.16. The Labute approximate surface area is 122 Å². The molecule has 2 N–H and O–H groups in total. The molecule has 0 unspecified atom stereocenters. The van der Waals surface area contributed by atoms with E-state index in [1.54, 1.807) is 4.31 Å². The maximum absolute atomic E-state index is 12.2. The van der Waals surface area contributed by atoms with Crippen molar-refractivity contribution in [2.24, 2.45) is 11.1 Å². The fraction of sp³-hybridized carbons (Fsp3) is 0.917. The van der Waals surface area contributed by atoms with E-state index in [4.69, 9.17) is 18.0 Å². The van der Waals surface area contributed by atoms with Gasteiger partial charge in [0.2, 0.25) is 10.0 Å². The predicted molar refractivity (Wildman–Crippen MR) is 82.7 cm³/mol. The standard InChI is InChI=1S/C12H25N3O2S2/c1-12(2,3)4-9-19(16,17)15-7-5-14(6-8-15)10-11(13)18/h4-10H2,1-3H3,(H2,13,18). The van der Waals surface area contributed by atoms with Crippen LogP contribution < -0.4 is 5.73 Å². The summed E-state index contributed by atoms with van der Waals surface area (Å²) in [5, 5.41) is 0. The Kier molecular flexibility index (Phi) is 5.73. The highest BCUT2D eigenvalue weighted by Crippen LogP contribution is 2.20. The molecule has 0 amide bonds. The lowest BCUT2D eigenvalue weighted by Gasteiger charge is -2.34. The van der Waals surface area contributed by atoms with E-state index in [9.17, 15) is 8.42 Å². The van der Waals surface area contributed by atoms with Crippen LogP contribution in [-0.4, -0.2) is 61.1 Å². The average molecular weight is 307 g/mol. The van der Waals surface area contributed by atoms with Crippen molar-refractivity contribution in [3.8, 4) is 0 Å². The second kappa shape index (κ2) is 6.47. The van der Waals surface area contributed by atoms with Crippen molar-refractivity contribution < 1.29 is 8.42 Å². The highest BCUT2D eigenvalue weighted by molar-refractivity contribution is 7.89. The van der Waals surface area contributed by atoms with Gasteiger partial charge in [0.25, 0.3) is 0 Å². The predicted octanol–water partition coefficient (Wildman–Crippen LogP) is 0.656. The topological polar surface area (TPSA) is 66.6 Å². The van der Waals surface area contributed by atoms with Crippen LogP contribution in [0, 0.1) is 5.41 Å². The quantitative estimate of drug-likeness (QED) is 0.756. The van der Waals surface area contributed by atoms with Gasteiger partial charge in [-0.3, -0.25) is 4.90 Å². The molecule has 1 aliphatic heterocycles. The molecule has 0 spiro atoms. The molecule has 1 fully saturated rings. The molecule has 0 radical (unpaired) electrons. The van der Waals surface area contributed by atoms with Gasteiger partial charge in [-0.15, -0.1) is 0 Å². The number of nitrogens with two attached hydrogens (primary N) is 1. The molecule has 112 valence electrons. The Morgan fingerprint density at radius 1 is 1.21 bits per heavy atom. The maximum atomic E-state index is 12.2. The summed E-state index contributed by atoms with van der Waals surface area (Å²) in [7, 11) is -3.13. The minimum Gasteiger partial charge on any atom is -0.392 e. The van der Waals surface area contributed by atoms with E-state index < -0.39 is 10.0 Å². The van der Waals surface area contributed by atoms with Crippen LogP contribution in [0.3, 0.4) is 0 Å². The van der Waals surface area contributed by atoms with Crippen LogP contribution in [0.5, 0.6) is 0 Å². The molecule has 19 heavy (non-hydrogen) atoms. The number of rotatable bonds is 5. The summed E-state index contributed by atoms with van der Waals surface area (Å²) in [6, 6.07) is 0. The molecule has 0 bridgehead atoms. The lowest BCUT2D eigenvalue weighted by atomic mass is 9.94. The van der Waals surface area contributed by atoms with E-state index in [1.807, 2.05) is 0 Å². The Morgan fingerprint density at radius 2 is 1.74 bits per heavy atom. The van der Waals surface area contributed by atoms with Gasteiger partial charge in [0, 0.05) is 32.7 Å². The van der Waals surface area contributed by atoms with Crippen LogP contribution in [0.2, 0.25) is 0 Å². The molecule has 0 saturated carbocycles. The second-order valence-electron chi connectivity index (χ2n) is 6.27. The molecule has 0 atom stereocenters. The van der Waals surface area contributed by atoms with Crippen LogP contribution in [0.4, 0.5) is 0 Å². The summed E-state index contributed by atoms with van der Waals surface area (Å²) in [6.45, 7) is 9.22. The molecule has 1 saturated heterocycles. The third-order valence-electron chi connectivity index (χ3n) is 3.21. The summed E-state index contributed by atoms with van der Waals surface area (Å²) < 4.78 is 26.0. The van der Waals surface area contributed by atoms with E-state index in [1.165, 1.54) is 0 Å². The first-order valence-corrected chi connectivity index (χ1v) is 8.60. The number of sulfonamides is 1. The minimum atomic E-state index is -3.13. The first kappa shape index (κ1) is 16.8. The highest BCUT2D eigenvalue weighted by Gasteiger charge is 2.28. The Balaban J connectivity index is 2.47. The molecule has 0 aromatic rings. The summed E-state index contributed by atoms with van der Waals surface area (Å²) >= 11 is 4.87. The molecule has 7 heteroatoms. The van der Waals surface area contributed by atoms with Crippen LogP contribution in [0.15, 0.2) is 0 Å². The van der Waals surface area contributed by atoms with Gasteiger partial charge in [-0.2, -0.15) is 4.31 Å². The van der Waals surface area contributed by atoms with Gasteiger partial charge >= 0.3 is 0 Å². The molecule has 1 heterocycles. The normalized spacial score (nSPS) is 19.5. The van der Waals surface area contributed by atoms with Crippen LogP contribution in [0.25, 0.3) is 0 Å². The van der Waals surface area contributed by atoms with Gasteiger partial charge < -0.3 is 5.73 Å². The van der Waals surface area contributed by atoms with Crippen molar-refractivity contribution in [1.29, 1.82) is 0 Å². The van der Waals surface area contributed by atoms with Crippen molar-refractivity contribution in [1.82, 2.24) is 9.21 Å². The Hall–Kier alpha value is -0.240. The van der Waals surface area contributed by atoms with E-state index in [-0.39, 0.29) is 11.2 Å². The van der Waals surface area contributed by atoms with Gasteiger partial charge in [-0.05, 0) is 11.8 Å². The SMILES string of the molecule is CC(C)(C)CCS(=O)(=O)N1CCN(CC(N)=S)CC1. The molecular weight excluding hydrogens is 282 g/mol. The second-order valence-corrected chi connectivity index (χ2v) is 8.88. The molecule has 5 nitrogen and oxygen atoms in total. The van der Waals surface area contributed by atoms with Gasteiger partial charge in [-0.1, -0.05) is 33.0 Å². The average Bonchev–Trinajstić information content (AvgIpc) is 2.26. The fourth-order valence-electron chi connectivity index (χ4n) is 1.95. The molecule has 0 aromatic carbocycles. The summed E-state index contributed by atoms with van der Waals surface area (Å²) in [5.74, 6) is 0.228. The number of nitrogens with zero attached hydrogens (tertiary/aromatic N) is 2. The van der Waals surface area contributed by atoms with E-state index in [0.717, 1.165) is 0 Å². The first-order valence-electron chi connectivity index (χ1n) is 6.59. The van der Waals surface area contributed by atoms with Gasteiger partial charge in [0.1, 0.15) is 0 Å².